The Balaban J connectivity index is 1.67. The van der Waals surface area contributed by atoms with Crippen molar-refractivity contribution < 1.29 is 4.74 Å². The molecule has 1 N–H and O–H groups in total. The van der Waals surface area contributed by atoms with E-state index in [1.54, 1.807) is 0 Å². The number of pyridine rings is 1. The van der Waals surface area contributed by atoms with E-state index < -0.39 is 0 Å². The number of nitrogens with zero attached hydrogens (tertiary/aromatic N) is 1. The number of hydrogen-bond donors (Lipinski definition) is 1. The minimum absolute atomic E-state index is 0.392. The van der Waals surface area contributed by atoms with Crippen LogP contribution in [0.25, 0.3) is 0 Å². The molecule has 82 valence electrons. The highest BCUT2D eigenvalue weighted by Crippen LogP contribution is 2.18. The summed E-state index contributed by atoms with van der Waals surface area (Å²) < 4.78 is 5.72. The summed E-state index contributed by atoms with van der Waals surface area (Å²) in [6, 6.07) is 5.98. The van der Waals surface area contributed by atoms with E-state index in [2.05, 4.69) is 17.2 Å². The fraction of sp³-hybridized carbons (Fsp3) is 0.583. The van der Waals surface area contributed by atoms with E-state index in [9.17, 15) is 0 Å². The maximum Gasteiger partial charge on any atom is 0.0704 e. The van der Waals surface area contributed by atoms with Crippen LogP contribution in [-0.2, 0) is 11.3 Å². The van der Waals surface area contributed by atoms with Gasteiger partial charge >= 0.3 is 0 Å². The number of rotatable bonds is 4. The van der Waals surface area contributed by atoms with Crippen LogP contribution in [0.2, 0.25) is 0 Å². The number of hydrogen-bond acceptors (Lipinski definition) is 3. The van der Waals surface area contributed by atoms with Gasteiger partial charge in [-0.3, -0.25) is 4.98 Å². The van der Waals surface area contributed by atoms with E-state index in [1.165, 1.54) is 12.8 Å². The minimum atomic E-state index is 0.392. The number of ether oxygens (including phenoxy) is 1. The second-order valence-corrected chi connectivity index (χ2v) is 4.10. The second kappa shape index (κ2) is 5.24. The molecule has 1 saturated heterocycles. The van der Waals surface area contributed by atoms with E-state index in [1.807, 2.05) is 24.4 Å². The number of nitrogens with one attached hydrogen (secondary N) is 1. The Morgan fingerprint density at radius 1 is 1.47 bits per heavy atom. The van der Waals surface area contributed by atoms with Crippen LogP contribution in [0, 0.1) is 0 Å². The average molecular weight is 206 g/mol. The molecular formula is C12H18N2O. The summed E-state index contributed by atoms with van der Waals surface area (Å²) in [4.78, 5) is 4.25. The first-order chi connectivity index (χ1) is 7.34. The lowest BCUT2D eigenvalue weighted by atomic mass is 10.2. The van der Waals surface area contributed by atoms with Crippen LogP contribution in [0.4, 0.5) is 0 Å². The first kappa shape index (κ1) is 10.6. The third-order valence-corrected chi connectivity index (χ3v) is 2.72. The summed E-state index contributed by atoms with van der Waals surface area (Å²) in [7, 11) is 0. The summed E-state index contributed by atoms with van der Waals surface area (Å²) in [5.41, 5.74) is 1.09. The zero-order chi connectivity index (χ0) is 10.5. The van der Waals surface area contributed by atoms with Gasteiger partial charge in [-0.05, 0) is 31.9 Å². The van der Waals surface area contributed by atoms with E-state index in [4.69, 9.17) is 4.74 Å². The summed E-state index contributed by atoms with van der Waals surface area (Å²) in [6.07, 6.45) is 5.02. The monoisotopic (exact) mass is 206 g/mol. The van der Waals surface area contributed by atoms with Crippen LogP contribution in [-0.4, -0.2) is 23.7 Å². The van der Waals surface area contributed by atoms with Crippen LogP contribution < -0.4 is 5.32 Å². The Labute approximate surface area is 90.9 Å². The summed E-state index contributed by atoms with van der Waals surface area (Å²) in [5.74, 6) is 0. The Bertz CT molecular complexity index is 289. The van der Waals surface area contributed by atoms with Crippen molar-refractivity contribution in [2.75, 3.05) is 6.54 Å². The fourth-order valence-corrected chi connectivity index (χ4v) is 1.90. The molecule has 0 aliphatic carbocycles. The second-order valence-electron chi connectivity index (χ2n) is 4.10. The summed E-state index contributed by atoms with van der Waals surface area (Å²) >= 11 is 0. The molecular weight excluding hydrogens is 188 g/mol. The van der Waals surface area contributed by atoms with Crippen molar-refractivity contribution in [3.8, 4) is 0 Å². The van der Waals surface area contributed by atoms with E-state index in [0.29, 0.717) is 12.2 Å². The van der Waals surface area contributed by atoms with Crippen molar-refractivity contribution in [3.63, 3.8) is 0 Å². The van der Waals surface area contributed by atoms with Gasteiger partial charge in [0.05, 0.1) is 17.9 Å². The normalized spacial score (nSPS) is 25.7. The molecule has 0 aromatic carbocycles. The van der Waals surface area contributed by atoms with E-state index in [-0.39, 0.29) is 0 Å². The first-order valence-electron chi connectivity index (χ1n) is 5.60. The molecule has 0 amide bonds. The molecule has 0 bridgehead atoms. The van der Waals surface area contributed by atoms with Crippen LogP contribution in [0.5, 0.6) is 0 Å². The molecule has 1 aliphatic heterocycles. The van der Waals surface area contributed by atoms with Gasteiger partial charge in [0.1, 0.15) is 0 Å². The van der Waals surface area contributed by atoms with Crippen molar-refractivity contribution in [2.45, 2.75) is 38.5 Å². The molecule has 0 saturated carbocycles. The van der Waals surface area contributed by atoms with Gasteiger partial charge < -0.3 is 10.1 Å². The predicted octanol–water partition coefficient (Wildman–Crippen LogP) is 1.74. The topological polar surface area (TPSA) is 34.2 Å². The molecule has 15 heavy (non-hydrogen) atoms. The fourth-order valence-electron chi connectivity index (χ4n) is 1.90. The molecule has 0 spiro atoms. The summed E-state index contributed by atoms with van der Waals surface area (Å²) in [5, 5.41) is 3.38. The van der Waals surface area contributed by atoms with Crippen molar-refractivity contribution in [3.05, 3.63) is 30.1 Å². The maximum absolute atomic E-state index is 5.72. The lowest BCUT2D eigenvalue weighted by Gasteiger charge is -2.11. The predicted molar refractivity (Wildman–Crippen MR) is 59.5 cm³/mol. The molecule has 2 heterocycles. The van der Waals surface area contributed by atoms with Crippen molar-refractivity contribution >= 4 is 0 Å². The Morgan fingerprint density at radius 3 is 3.07 bits per heavy atom. The van der Waals surface area contributed by atoms with E-state index >= 15 is 0 Å². The van der Waals surface area contributed by atoms with Gasteiger partial charge in [0.2, 0.25) is 0 Å². The smallest absolute Gasteiger partial charge is 0.0704 e. The molecule has 3 nitrogen and oxygen atoms in total. The highest BCUT2D eigenvalue weighted by molar-refractivity contribution is 5.02. The molecule has 2 atom stereocenters. The molecule has 0 radical (unpaired) electrons. The van der Waals surface area contributed by atoms with Crippen molar-refractivity contribution in [1.82, 2.24) is 10.3 Å². The van der Waals surface area contributed by atoms with Crippen LogP contribution in [0.1, 0.15) is 25.5 Å². The molecule has 1 aromatic heterocycles. The van der Waals surface area contributed by atoms with Gasteiger partial charge in [-0.15, -0.1) is 0 Å². The van der Waals surface area contributed by atoms with Crippen LogP contribution in [0.3, 0.4) is 0 Å². The van der Waals surface area contributed by atoms with Crippen LogP contribution >= 0.6 is 0 Å². The SMILES string of the molecule is CC1CCC(CNCc2ccccn2)O1. The zero-order valence-corrected chi connectivity index (χ0v) is 9.15. The van der Waals surface area contributed by atoms with E-state index in [0.717, 1.165) is 18.8 Å². The quantitative estimate of drug-likeness (QED) is 0.814. The highest BCUT2D eigenvalue weighted by Gasteiger charge is 2.20. The molecule has 2 unspecified atom stereocenters. The highest BCUT2D eigenvalue weighted by atomic mass is 16.5. The summed E-state index contributed by atoms with van der Waals surface area (Å²) in [6.45, 7) is 3.90. The number of aromatic nitrogens is 1. The zero-order valence-electron chi connectivity index (χ0n) is 9.15. The Morgan fingerprint density at radius 2 is 2.40 bits per heavy atom. The Hall–Kier alpha value is -0.930. The van der Waals surface area contributed by atoms with Gasteiger partial charge in [-0.25, -0.2) is 0 Å². The van der Waals surface area contributed by atoms with Crippen molar-refractivity contribution in [2.24, 2.45) is 0 Å². The minimum Gasteiger partial charge on any atom is -0.374 e. The largest absolute Gasteiger partial charge is 0.374 e. The van der Waals surface area contributed by atoms with Crippen molar-refractivity contribution in [1.29, 1.82) is 0 Å². The van der Waals surface area contributed by atoms with Gasteiger partial charge in [0, 0.05) is 19.3 Å². The molecule has 3 heteroatoms. The Kier molecular flexibility index (Phi) is 3.69. The molecule has 1 aromatic rings. The first-order valence-corrected chi connectivity index (χ1v) is 5.60. The molecule has 1 aliphatic rings. The average Bonchev–Trinajstić information content (AvgIpc) is 2.66. The van der Waals surface area contributed by atoms with Gasteiger partial charge in [0.25, 0.3) is 0 Å². The molecule has 1 fully saturated rings. The van der Waals surface area contributed by atoms with Gasteiger partial charge in [-0.1, -0.05) is 6.07 Å². The third kappa shape index (κ3) is 3.29. The molecule has 2 rings (SSSR count). The van der Waals surface area contributed by atoms with Gasteiger partial charge in [0.15, 0.2) is 0 Å². The van der Waals surface area contributed by atoms with Gasteiger partial charge in [-0.2, -0.15) is 0 Å². The van der Waals surface area contributed by atoms with Crippen LogP contribution in [0.15, 0.2) is 24.4 Å². The maximum atomic E-state index is 5.72. The lowest BCUT2D eigenvalue weighted by Crippen LogP contribution is -2.26. The lowest BCUT2D eigenvalue weighted by molar-refractivity contribution is 0.0558. The standard InChI is InChI=1S/C12H18N2O/c1-10-5-6-12(15-10)9-13-8-11-4-2-3-7-14-11/h2-4,7,10,12-13H,5-6,8-9H2,1H3. The third-order valence-electron chi connectivity index (χ3n) is 2.72.